The molecule has 318 valence electrons. The zero-order valence-corrected chi connectivity index (χ0v) is 35.0. The second-order valence-corrected chi connectivity index (χ2v) is 17.3. The van der Waals surface area contributed by atoms with Gasteiger partial charge < -0.3 is 40.0 Å². The van der Waals surface area contributed by atoms with Crippen molar-refractivity contribution in [1.29, 1.82) is 0 Å². The molecule has 0 radical (unpaired) electrons. The van der Waals surface area contributed by atoms with Gasteiger partial charge in [-0.1, -0.05) is 48.5 Å². The molecule has 0 saturated carbocycles. The summed E-state index contributed by atoms with van der Waals surface area (Å²) in [7, 11) is 0. The van der Waals surface area contributed by atoms with E-state index in [9.17, 15) is 33.6 Å². The Bertz CT molecular complexity index is 1760. The van der Waals surface area contributed by atoms with Gasteiger partial charge in [-0.05, 0) is 104 Å². The molecule has 15 heteroatoms. The highest BCUT2D eigenvalue weighted by molar-refractivity contribution is 5.87. The lowest BCUT2D eigenvalue weighted by Crippen LogP contribution is -2.47. The van der Waals surface area contributed by atoms with E-state index in [-0.39, 0.29) is 51.0 Å². The van der Waals surface area contributed by atoms with Gasteiger partial charge in [0.2, 0.25) is 11.8 Å². The fourth-order valence-electron chi connectivity index (χ4n) is 6.24. The van der Waals surface area contributed by atoms with Crippen LogP contribution in [0.2, 0.25) is 0 Å². The van der Waals surface area contributed by atoms with Crippen LogP contribution in [-0.2, 0) is 47.7 Å². The number of carboxylic acid groups (broad SMARTS) is 1. The van der Waals surface area contributed by atoms with Crippen LogP contribution >= 0.6 is 0 Å². The molecule has 15 nitrogen and oxygen atoms in total. The van der Waals surface area contributed by atoms with Crippen LogP contribution in [0.15, 0.2) is 48.5 Å². The van der Waals surface area contributed by atoms with Gasteiger partial charge in [0.1, 0.15) is 35.5 Å². The van der Waals surface area contributed by atoms with E-state index in [4.69, 9.17) is 24.1 Å². The Morgan fingerprint density at radius 2 is 1.03 bits per heavy atom. The van der Waals surface area contributed by atoms with Crippen LogP contribution in [0.3, 0.4) is 0 Å². The van der Waals surface area contributed by atoms with Crippen LogP contribution in [0, 0.1) is 0 Å². The minimum atomic E-state index is -1.30. The molecule has 0 aliphatic heterocycles. The first-order valence-corrected chi connectivity index (χ1v) is 19.5. The first-order chi connectivity index (χ1) is 26.9. The molecule has 0 bridgehead atoms. The van der Waals surface area contributed by atoms with E-state index in [1.807, 2.05) is 48.5 Å². The van der Waals surface area contributed by atoms with Gasteiger partial charge in [0.05, 0.1) is 6.42 Å². The molecule has 4 N–H and O–H groups in total. The number of ether oxygens (including phenoxy) is 4. The van der Waals surface area contributed by atoms with Gasteiger partial charge in [0.15, 0.2) is 0 Å². The Kier molecular flexibility index (Phi) is 16.4. The number of carbonyl (C=O) groups is 7. The molecule has 3 atom stereocenters. The van der Waals surface area contributed by atoms with E-state index >= 15 is 0 Å². The van der Waals surface area contributed by atoms with Gasteiger partial charge in [-0.3, -0.25) is 19.2 Å². The lowest BCUT2D eigenvalue weighted by molar-refractivity contribution is -0.160. The predicted octanol–water partition coefficient (Wildman–Crippen LogP) is 5.70. The van der Waals surface area contributed by atoms with Crippen LogP contribution in [0.25, 0.3) is 11.1 Å². The number of fused-ring (bicyclic) bond motifs is 3. The monoisotopic (exact) mass is 809 g/mol. The van der Waals surface area contributed by atoms with Crippen molar-refractivity contribution in [3.05, 3.63) is 59.7 Å². The molecule has 3 amide bonds. The molecule has 2 aromatic carbocycles. The fraction of sp³-hybridized carbons (Fsp3) is 0.558. The third-order valence-corrected chi connectivity index (χ3v) is 8.58. The molecule has 1 unspecified atom stereocenters. The molecule has 0 saturated heterocycles. The number of nitrogens with one attached hydrogen (secondary N) is 3. The van der Waals surface area contributed by atoms with Crippen molar-refractivity contribution in [2.24, 2.45) is 0 Å². The van der Waals surface area contributed by atoms with Crippen LogP contribution in [0.4, 0.5) is 4.79 Å². The number of aliphatic carboxylic acids is 1. The highest BCUT2D eigenvalue weighted by Gasteiger charge is 2.32. The number of hydrogen-bond acceptors (Lipinski definition) is 11. The summed E-state index contributed by atoms with van der Waals surface area (Å²) < 4.78 is 22.0. The van der Waals surface area contributed by atoms with Gasteiger partial charge in [-0.2, -0.15) is 0 Å². The van der Waals surface area contributed by atoms with Crippen LogP contribution in [0.1, 0.15) is 124 Å². The maximum Gasteiger partial charge on any atom is 0.407 e. The number of benzene rings is 2. The molecule has 2 aromatic rings. The molecule has 0 heterocycles. The molecule has 58 heavy (non-hydrogen) atoms. The lowest BCUT2D eigenvalue weighted by atomic mass is 9.98. The van der Waals surface area contributed by atoms with E-state index in [1.165, 1.54) is 0 Å². The number of carbonyl (C=O) groups excluding carboxylic acids is 6. The Balaban J connectivity index is 1.68. The van der Waals surface area contributed by atoms with E-state index in [1.54, 1.807) is 62.3 Å². The number of hydrogen-bond donors (Lipinski definition) is 4. The van der Waals surface area contributed by atoms with Crippen molar-refractivity contribution < 1.29 is 57.6 Å². The van der Waals surface area contributed by atoms with Gasteiger partial charge in [-0.25, -0.2) is 14.4 Å². The maximum absolute atomic E-state index is 13.4. The fourth-order valence-corrected chi connectivity index (χ4v) is 6.24. The summed E-state index contributed by atoms with van der Waals surface area (Å²) in [6, 6.07) is 12.3. The van der Waals surface area contributed by atoms with Gasteiger partial charge in [0, 0.05) is 31.2 Å². The van der Waals surface area contributed by atoms with Gasteiger partial charge in [-0.15, -0.1) is 0 Å². The van der Waals surface area contributed by atoms with Crippen molar-refractivity contribution in [3.8, 4) is 11.1 Å². The third-order valence-electron chi connectivity index (χ3n) is 8.58. The number of alkyl carbamates (subject to hydrolysis) is 1. The lowest BCUT2D eigenvalue weighted by Gasteiger charge is -2.26. The zero-order valence-electron chi connectivity index (χ0n) is 35.0. The largest absolute Gasteiger partial charge is 0.481 e. The van der Waals surface area contributed by atoms with Crippen LogP contribution < -0.4 is 16.0 Å². The summed E-state index contributed by atoms with van der Waals surface area (Å²) in [6.07, 6.45) is -2.57. The summed E-state index contributed by atoms with van der Waals surface area (Å²) in [5.41, 5.74) is 1.53. The number of carboxylic acids is 1. The van der Waals surface area contributed by atoms with Crippen molar-refractivity contribution in [1.82, 2.24) is 16.0 Å². The highest BCUT2D eigenvalue weighted by Crippen LogP contribution is 2.44. The van der Waals surface area contributed by atoms with Crippen molar-refractivity contribution in [2.45, 2.75) is 148 Å². The average molecular weight is 810 g/mol. The second kappa shape index (κ2) is 20.3. The van der Waals surface area contributed by atoms with E-state index in [2.05, 4.69) is 16.0 Å². The predicted molar refractivity (Wildman–Crippen MR) is 213 cm³/mol. The van der Waals surface area contributed by atoms with Crippen LogP contribution in [0.5, 0.6) is 0 Å². The Hall–Kier alpha value is -5.47. The standard InChI is InChI=1S/C43H59N3O12/c1-41(2,3)56-37(51)24-26(44-40(54)55-25-31-29-16-12-10-14-27(29)28-15-11-13-17-30(28)31)18-21-34(47)45-32(38(52)57-42(4,5)6)19-22-35(48)46-33(20-23-36(49)50)39(53)58-43(7,8)9/h10-17,26,31-33H,18-25H2,1-9H3,(H,44,54)(H,45,47)(H,46,48)(H,49,50)/t26?,32-,33-/m1/s1. The first kappa shape index (κ1) is 46.9. The number of amides is 3. The number of esters is 3. The summed E-state index contributed by atoms with van der Waals surface area (Å²) in [4.78, 5) is 89.6. The third kappa shape index (κ3) is 16.2. The molecular formula is C43H59N3O12. The average Bonchev–Trinajstić information content (AvgIpc) is 3.40. The van der Waals surface area contributed by atoms with E-state index in [0.29, 0.717) is 0 Å². The molecular weight excluding hydrogens is 750 g/mol. The summed E-state index contributed by atoms with van der Waals surface area (Å²) in [6.45, 7) is 15.0. The number of rotatable bonds is 18. The van der Waals surface area contributed by atoms with Gasteiger partial charge >= 0.3 is 30.0 Å². The van der Waals surface area contributed by atoms with Gasteiger partial charge in [0.25, 0.3) is 0 Å². The van der Waals surface area contributed by atoms with Crippen molar-refractivity contribution in [2.75, 3.05) is 6.61 Å². The quantitative estimate of drug-likeness (QED) is 0.105. The van der Waals surface area contributed by atoms with Crippen molar-refractivity contribution in [3.63, 3.8) is 0 Å². The Morgan fingerprint density at radius 1 is 0.603 bits per heavy atom. The van der Waals surface area contributed by atoms with Crippen molar-refractivity contribution >= 4 is 41.8 Å². The molecule has 1 aliphatic rings. The zero-order chi connectivity index (χ0) is 43.4. The first-order valence-electron chi connectivity index (χ1n) is 19.5. The molecule has 0 fully saturated rings. The molecule has 0 aromatic heterocycles. The maximum atomic E-state index is 13.4. The van der Waals surface area contributed by atoms with E-state index in [0.717, 1.165) is 22.3 Å². The normalized spacial score (nSPS) is 14.1. The molecule has 3 rings (SSSR count). The van der Waals surface area contributed by atoms with Crippen LogP contribution in [-0.4, -0.2) is 88.4 Å². The Morgan fingerprint density at radius 3 is 1.48 bits per heavy atom. The molecule has 0 spiro atoms. The minimum Gasteiger partial charge on any atom is -0.481 e. The summed E-state index contributed by atoms with van der Waals surface area (Å²) in [5, 5.41) is 16.9. The summed E-state index contributed by atoms with van der Waals surface area (Å²) in [5.74, 6) is -4.92. The molecule has 1 aliphatic carbocycles. The second-order valence-electron chi connectivity index (χ2n) is 17.3. The Labute approximate surface area is 340 Å². The smallest absolute Gasteiger partial charge is 0.407 e. The minimum absolute atomic E-state index is 0.0305. The SMILES string of the molecule is CC(C)(C)OC(=O)CC(CCC(=O)N[C@H](CCC(=O)N[C@H](CCC(=O)O)C(=O)OC(C)(C)C)C(=O)OC(C)(C)C)NC(=O)OCC1c2ccccc2-c2ccccc21. The van der Waals surface area contributed by atoms with E-state index < -0.39 is 83.1 Å². The summed E-state index contributed by atoms with van der Waals surface area (Å²) >= 11 is 0. The topological polar surface area (TPSA) is 213 Å². The highest BCUT2D eigenvalue weighted by atomic mass is 16.6.